The van der Waals surface area contributed by atoms with E-state index < -0.39 is 5.92 Å². The summed E-state index contributed by atoms with van der Waals surface area (Å²) >= 11 is 0. The quantitative estimate of drug-likeness (QED) is 0.932. The van der Waals surface area contributed by atoms with Crippen molar-refractivity contribution in [2.45, 2.75) is 44.2 Å². The number of carbonyl (C=O) groups excluding carboxylic acids is 2. The monoisotopic (exact) mass is 304 g/mol. The maximum Gasteiger partial charge on any atom is 0.226 e. The summed E-state index contributed by atoms with van der Waals surface area (Å²) in [6, 6.07) is 5.99. The molecule has 1 saturated carbocycles. The van der Waals surface area contributed by atoms with Crippen molar-refractivity contribution in [2.24, 2.45) is 5.92 Å². The molecule has 0 bridgehead atoms. The first-order valence-electron chi connectivity index (χ1n) is 7.88. The number of rotatable bonds is 3. The Morgan fingerprint density at radius 2 is 1.86 bits per heavy atom. The summed E-state index contributed by atoms with van der Waals surface area (Å²) in [7, 11) is 1.71. The zero-order valence-corrected chi connectivity index (χ0v) is 12.7. The minimum Gasteiger partial charge on any atom is -0.353 e. The van der Waals surface area contributed by atoms with Gasteiger partial charge in [-0.2, -0.15) is 0 Å². The first kappa shape index (κ1) is 15.0. The summed E-state index contributed by atoms with van der Waals surface area (Å²) in [5.41, 5.74) is 0.807. The number of carbonyl (C=O) groups is 2. The van der Waals surface area contributed by atoms with E-state index in [1.807, 2.05) is 0 Å². The molecule has 4 nitrogen and oxygen atoms in total. The molecule has 118 valence electrons. The fourth-order valence-electron chi connectivity index (χ4n) is 3.60. The highest BCUT2D eigenvalue weighted by Crippen LogP contribution is 2.37. The second-order valence-corrected chi connectivity index (χ2v) is 6.30. The van der Waals surface area contributed by atoms with Gasteiger partial charge in [0, 0.05) is 19.5 Å². The van der Waals surface area contributed by atoms with E-state index in [0.717, 1.165) is 31.2 Å². The zero-order valence-electron chi connectivity index (χ0n) is 12.7. The summed E-state index contributed by atoms with van der Waals surface area (Å²) in [6.45, 7) is 0. The number of nitrogens with zero attached hydrogens (tertiary/aromatic N) is 1. The molecule has 2 fully saturated rings. The van der Waals surface area contributed by atoms with Crippen molar-refractivity contribution in [3.8, 4) is 0 Å². The Bertz CT molecular complexity index is 567. The first-order chi connectivity index (χ1) is 10.6. The molecule has 2 aliphatic rings. The van der Waals surface area contributed by atoms with Gasteiger partial charge in [-0.05, 0) is 30.5 Å². The first-order valence-corrected chi connectivity index (χ1v) is 7.88. The number of benzene rings is 1. The van der Waals surface area contributed by atoms with Crippen LogP contribution >= 0.6 is 0 Å². The maximum atomic E-state index is 13.1. The molecule has 0 radical (unpaired) electrons. The molecule has 0 spiro atoms. The van der Waals surface area contributed by atoms with Crippen LogP contribution in [0, 0.1) is 11.7 Å². The van der Waals surface area contributed by atoms with Crippen LogP contribution in [0.1, 0.15) is 43.7 Å². The average Bonchev–Trinajstić information content (AvgIpc) is 3.10. The lowest BCUT2D eigenvalue weighted by Gasteiger charge is -2.26. The van der Waals surface area contributed by atoms with Crippen LogP contribution in [0.3, 0.4) is 0 Å². The van der Waals surface area contributed by atoms with Crippen LogP contribution in [-0.4, -0.2) is 29.8 Å². The van der Waals surface area contributed by atoms with Crippen LogP contribution in [0.2, 0.25) is 0 Å². The van der Waals surface area contributed by atoms with Gasteiger partial charge in [-0.1, -0.05) is 25.0 Å². The third kappa shape index (κ3) is 2.85. The molecule has 1 saturated heterocycles. The second kappa shape index (κ2) is 6.07. The highest BCUT2D eigenvalue weighted by molar-refractivity contribution is 5.90. The second-order valence-electron chi connectivity index (χ2n) is 6.30. The smallest absolute Gasteiger partial charge is 0.226 e. The van der Waals surface area contributed by atoms with Gasteiger partial charge in [0.25, 0.3) is 0 Å². The van der Waals surface area contributed by atoms with Crippen molar-refractivity contribution >= 4 is 11.8 Å². The van der Waals surface area contributed by atoms with E-state index >= 15 is 0 Å². The van der Waals surface area contributed by atoms with E-state index in [-0.39, 0.29) is 36.1 Å². The Hall–Kier alpha value is -1.91. The summed E-state index contributed by atoms with van der Waals surface area (Å²) in [4.78, 5) is 26.2. The Morgan fingerprint density at radius 1 is 1.23 bits per heavy atom. The lowest BCUT2D eigenvalue weighted by Crippen LogP contribution is -2.39. The molecule has 0 unspecified atom stereocenters. The molecule has 22 heavy (non-hydrogen) atoms. The van der Waals surface area contributed by atoms with Crippen molar-refractivity contribution in [2.75, 3.05) is 7.05 Å². The Morgan fingerprint density at radius 3 is 2.50 bits per heavy atom. The molecule has 5 heteroatoms. The summed E-state index contributed by atoms with van der Waals surface area (Å²) in [6.07, 6.45) is 4.55. The summed E-state index contributed by atoms with van der Waals surface area (Å²) in [5.74, 6) is -0.814. The normalized spacial score (nSPS) is 25.7. The average molecular weight is 304 g/mol. The Kier molecular flexibility index (Phi) is 4.14. The van der Waals surface area contributed by atoms with Gasteiger partial charge in [0.15, 0.2) is 0 Å². The third-order valence-corrected chi connectivity index (χ3v) is 4.84. The number of nitrogens with one attached hydrogen (secondary N) is 1. The van der Waals surface area contributed by atoms with Crippen molar-refractivity contribution in [3.63, 3.8) is 0 Å². The Balaban J connectivity index is 1.79. The summed E-state index contributed by atoms with van der Waals surface area (Å²) in [5, 5.41) is 3.08. The number of hydrogen-bond acceptors (Lipinski definition) is 2. The molecule has 0 aromatic heterocycles. The highest BCUT2D eigenvalue weighted by atomic mass is 19.1. The lowest BCUT2D eigenvalue weighted by molar-refractivity contribution is -0.128. The van der Waals surface area contributed by atoms with Crippen LogP contribution in [0.15, 0.2) is 24.3 Å². The van der Waals surface area contributed by atoms with Gasteiger partial charge in [0.1, 0.15) is 5.82 Å². The predicted octanol–water partition coefficient (Wildman–Crippen LogP) is 2.40. The molecule has 2 atom stereocenters. The zero-order chi connectivity index (χ0) is 15.7. The number of halogens is 1. The van der Waals surface area contributed by atoms with E-state index in [1.54, 1.807) is 24.1 Å². The van der Waals surface area contributed by atoms with E-state index in [0.29, 0.717) is 0 Å². The SMILES string of the molecule is CN1C(=O)C[C@H](C(=O)NC2CCCC2)[C@H]1c1ccc(F)cc1. The minimum atomic E-state index is -0.399. The summed E-state index contributed by atoms with van der Waals surface area (Å²) < 4.78 is 13.1. The van der Waals surface area contributed by atoms with E-state index in [2.05, 4.69) is 5.32 Å². The molecule has 1 aliphatic heterocycles. The van der Waals surface area contributed by atoms with Gasteiger partial charge in [-0.15, -0.1) is 0 Å². The predicted molar refractivity (Wildman–Crippen MR) is 80.4 cm³/mol. The van der Waals surface area contributed by atoms with Crippen molar-refractivity contribution in [1.82, 2.24) is 10.2 Å². The van der Waals surface area contributed by atoms with Crippen LogP contribution in [0.4, 0.5) is 4.39 Å². The number of amides is 2. The number of hydrogen-bond donors (Lipinski definition) is 1. The molecule has 1 aliphatic carbocycles. The molecule has 1 N–H and O–H groups in total. The molecule has 3 rings (SSSR count). The molecular weight excluding hydrogens is 283 g/mol. The van der Waals surface area contributed by atoms with Gasteiger partial charge in [0.2, 0.25) is 11.8 Å². The minimum absolute atomic E-state index is 0.0408. The topological polar surface area (TPSA) is 49.4 Å². The molecule has 1 heterocycles. The van der Waals surface area contributed by atoms with Crippen LogP contribution in [-0.2, 0) is 9.59 Å². The van der Waals surface area contributed by atoms with E-state index in [1.165, 1.54) is 12.1 Å². The molecule has 2 amide bonds. The van der Waals surface area contributed by atoms with Gasteiger partial charge < -0.3 is 10.2 Å². The van der Waals surface area contributed by atoms with Crippen LogP contribution in [0.25, 0.3) is 0 Å². The van der Waals surface area contributed by atoms with Crippen molar-refractivity contribution in [1.29, 1.82) is 0 Å². The standard InChI is InChI=1S/C17H21FN2O2/c1-20-15(21)10-14(17(22)19-13-4-2-3-5-13)16(20)11-6-8-12(18)9-7-11/h6-9,13-14,16H,2-5,10H2,1H3,(H,19,22)/t14-,16+/m0/s1. The van der Waals surface area contributed by atoms with E-state index in [4.69, 9.17) is 0 Å². The Labute approximate surface area is 129 Å². The van der Waals surface area contributed by atoms with Gasteiger partial charge in [0.05, 0.1) is 12.0 Å². The molecule has 1 aromatic carbocycles. The van der Waals surface area contributed by atoms with Crippen LogP contribution < -0.4 is 5.32 Å². The van der Waals surface area contributed by atoms with Gasteiger partial charge in [-0.3, -0.25) is 9.59 Å². The maximum absolute atomic E-state index is 13.1. The van der Waals surface area contributed by atoms with Gasteiger partial charge >= 0.3 is 0 Å². The lowest BCUT2D eigenvalue weighted by atomic mass is 9.92. The van der Waals surface area contributed by atoms with E-state index in [9.17, 15) is 14.0 Å². The van der Waals surface area contributed by atoms with Crippen molar-refractivity contribution in [3.05, 3.63) is 35.6 Å². The van der Waals surface area contributed by atoms with Crippen LogP contribution in [0.5, 0.6) is 0 Å². The largest absolute Gasteiger partial charge is 0.353 e. The third-order valence-electron chi connectivity index (χ3n) is 4.84. The highest BCUT2D eigenvalue weighted by Gasteiger charge is 2.43. The van der Waals surface area contributed by atoms with Crippen molar-refractivity contribution < 1.29 is 14.0 Å². The fourth-order valence-corrected chi connectivity index (χ4v) is 3.60. The van der Waals surface area contributed by atoms with Gasteiger partial charge in [-0.25, -0.2) is 4.39 Å². The fraction of sp³-hybridized carbons (Fsp3) is 0.529. The molecule has 1 aromatic rings. The molecular formula is C17H21FN2O2. The number of likely N-dealkylation sites (tertiary alicyclic amines) is 1.